The van der Waals surface area contributed by atoms with E-state index < -0.39 is 0 Å². The summed E-state index contributed by atoms with van der Waals surface area (Å²) in [5.74, 6) is 0.0257. The molecule has 0 unspecified atom stereocenters. The first kappa shape index (κ1) is 13.9. The van der Waals surface area contributed by atoms with Gasteiger partial charge in [-0.1, -0.05) is 11.1 Å². The third-order valence-corrected chi connectivity index (χ3v) is 3.19. The van der Waals surface area contributed by atoms with Crippen molar-refractivity contribution in [2.45, 2.75) is 41.5 Å². The van der Waals surface area contributed by atoms with E-state index >= 15 is 0 Å². The third kappa shape index (κ3) is 3.54. The van der Waals surface area contributed by atoms with Gasteiger partial charge in [-0.3, -0.25) is 4.79 Å². The average Bonchev–Trinajstić information content (AvgIpc) is 2.23. The molecule has 2 nitrogen and oxygen atoms in total. The zero-order valence-corrected chi connectivity index (χ0v) is 11.0. The van der Waals surface area contributed by atoms with E-state index in [4.69, 9.17) is 0 Å². The summed E-state index contributed by atoms with van der Waals surface area (Å²) in [6.07, 6.45) is 0. The molecule has 15 heavy (non-hydrogen) atoms. The Kier molecular flexibility index (Phi) is 5.34. The Hall–Kier alpha value is -1.05. The van der Waals surface area contributed by atoms with Gasteiger partial charge in [-0.15, -0.1) is 0 Å². The lowest BCUT2D eigenvalue weighted by molar-refractivity contribution is -0.122. The summed E-state index contributed by atoms with van der Waals surface area (Å²) >= 11 is 0. The van der Waals surface area contributed by atoms with Crippen molar-refractivity contribution in [2.24, 2.45) is 5.92 Å². The molecule has 0 aliphatic carbocycles. The molecule has 0 aliphatic rings. The van der Waals surface area contributed by atoms with E-state index in [0.29, 0.717) is 0 Å². The van der Waals surface area contributed by atoms with E-state index in [0.717, 1.165) is 5.57 Å². The predicted octanol–water partition coefficient (Wildman–Crippen LogP) is 3.06. The molecule has 2 heteroatoms. The lowest BCUT2D eigenvalue weighted by atomic mass is 9.92. The van der Waals surface area contributed by atoms with Gasteiger partial charge in [-0.25, -0.2) is 0 Å². The summed E-state index contributed by atoms with van der Waals surface area (Å²) in [6.45, 7) is 12.3. The Balaban J connectivity index is 5.12. The lowest BCUT2D eigenvalue weighted by Gasteiger charge is -2.15. The largest absolute Gasteiger partial charge is 0.359 e. The van der Waals surface area contributed by atoms with Crippen LogP contribution in [0.25, 0.3) is 0 Å². The number of hydrogen-bond donors (Lipinski definition) is 1. The smallest absolute Gasteiger partial charge is 0.226 e. The van der Waals surface area contributed by atoms with Gasteiger partial charge < -0.3 is 5.32 Å². The highest BCUT2D eigenvalue weighted by atomic mass is 16.1. The second-order valence-corrected chi connectivity index (χ2v) is 4.27. The number of allylic oxidation sites excluding steroid dienone is 3. The summed E-state index contributed by atoms with van der Waals surface area (Å²) in [4.78, 5) is 11.5. The van der Waals surface area contributed by atoms with Crippen molar-refractivity contribution < 1.29 is 4.79 Å². The maximum absolute atomic E-state index is 11.5. The Labute approximate surface area is 93.5 Å². The number of hydrogen-bond acceptors (Lipinski definition) is 1. The normalized spacial score (nSPS) is 14.1. The van der Waals surface area contributed by atoms with E-state index in [1.807, 2.05) is 13.8 Å². The number of nitrogens with one attached hydrogen (secondary N) is 1. The lowest BCUT2D eigenvalue weighted by Crippen LogP contribution is -2.26. The van der Waals surface area contributed by atoms with Crippen molar-refractivity contribution >= 4 is 5.91 Å². The first-order valence-electron chi connectivity index (χ1n) is 5.36. The van der Waals surface area contributed by atoms with Crippen molar-refractivity contribution in [2.75, 3.05) is 7.05 Å². The molecule has 0 saturated heterocycles. The Morgan fingerprint density at radius 3 is 1.80 bits per heavy atom. The van der Waals surface area contributed by atoms with E-state index in [2.05, 4.69) is 33.0 Å². The van der Waals surface area contributed by atoms with Gasteiger partial charge in [-0.05, 0) is 52.7 Å². The molecule has 86 valence electrons. The highest BCUT2D eigenvalue weighted by Crippen LogP contribution is 2.22. The fourth-order valence-electron chi connectivity index (χ4n) is 1.41. The zero-order valence-electron chi connectivity index (χ0n) is 11.0. The molecule has 1 amide bonds. The molecule has 0 saturated carbocycles. The Morgan fingerprint density at radius 2 is 1.47 bits per heavy atom. The first-order valence-corrected chi connectivity index (χ1v) is 5.36. The monoisotopic (exact) mass is 209 g/mol. The summed E-state index contributed by atoms with van der Waals surface area (Å²) in [7, 11) is 1.68. The summed E-state index contributed by atoms with van der Waals surface area (Å²) in [5.41, 5.74) is 4.96. The van der Waals surface area contributed by atoms with Crippen molar-refractivity contribution in [3.05, 3.63) is 22.3 Å². The van der Waals surface area contributed by atoms with Crippen LogP contribution < -0.4 is 5.32 Å². The van der Waals surface area contributed by atoms with E-state index in [1.54, 1.807) is 7.05 Å². The Morgan fingerprint density at radius 1 is 1.00 bits per heavy atom. The van der Waals surface area contributed by atoms with Crippen LogP contribution in [0.15, 0.2) is 22.3 Å². The van der Waals surface area contributed by atoms with Crippen molar-refractivity contribution in [3.8, 4) is 0 Å². The van der Waals surface area contributed by atoms with Gasteiger partial charge in [-0.2, -0.15) is 0 Å². The number of amides is 1. The van der Waals surface area contributed by atoms with Crippen LogP contribution in [0.3, 0.4) is 0 Å². The Bertz CT molecular complexity index is 306. The highest BCUT2D eigenvalue weighted by Gasteiger charge is 2.15. The summed E-state index contributed by atoms with van der Waals surface area (Å²) in [6, 6.07) is 0. The van der Waals surface area contributed by atoms with Crippen LogP contribution in [0.4, 0.5) is 0 Å². The minimum absolute atomic E-state index is 0.0516. The van der Waals surface area contributed by atoms with Crippen LogP contribution in [-0.4, -0.2) is 13.0 Å². The van der Waals surface area contributed by atoms with Crippen molar-refractivity contribution in [3.63, 3.8) is 0 Å². The molecule has 0 aromatic rings. The van der Waals surface area contributed by atoms with Gasteiger partial charge in [0, 0.05) is 7.05 Å². The molecule has 0 bridgehead atoms. The maximum atomic E-state index is 11.5. The SMILES string of the molecule is CNC(=O)[C@H](C)/C(C)=C(\C)C(C)=C(C)C. The standard InChI is InChI=1S/C13H23NO/c1-8(2)9(3)10(4)11(5)12(6)13(15)14-7/h12H,1-7H3,(H,14,15)/b11-10+/t12-/m1/s1. The van der Waals surface area contributed by atoms with Gasteiger partial charge in [0.25, 0.3) is 0 Å². The maximum Gasteiger partial charge on any atom is 0.226 e. The van der Waals surface area contributed by atoms with Gasteiger partial charge >= 0.3 is 0 Å². The van der Waals surface area contributed by atoms with Crippen LogP contribution >= 0.6 is 0 Å². The topological polar surface area (TPSA) is 29.1 Å². The highest BCUT2D eigenvalue weighted by molar-refractivity contribution is 5.81. The number of carbonyl (C=O) groups excluding carboxylic acids is 1. The second kappa shape index (κ2) is 5.74. The van der Waals surface area contributed by atoms with Crippen molar-refractivity contribution in [1.29, 1.82) is 0 Å². The molecule has 0 heterocycles. The minimum atomic E-state index is -0.0516. The molecule has 1 N–H and O–H groups in total. The minimum Gasteiger partial charge on any atom is -0.359 e. The fourth-order valence-corrected chi connectivity index (χ4v) is 1.41. The molecule has 0 rings (SSSR count). The molecule has 0 spiro atoms. The van der Waals surface area contributed by atoms with Crippen LogP contribution in [0.5, 0.6) is 0 Å². The van der Waals surface area contributed by atoms with Crippen LogP contribution in [0, 0.1) is 5.92 Å². The van der Waals surface area contributed by atoms with Gasteiger partial charge in [0.1, 0.15) is 0 Å². The molecular weight excluding hydrogens is 186 g/mol. The second-order valence-electron chi connectivity index (χ2n) is 4.27. The molecule has 0 aliphatic heterocycles. The van der Waals surface area contributed by atoms with Crippen LogP contribution in [-0.2, 0) is 4.79 Å². The first-order chi connectivity index (χ1) is 6.82. The third-order valence-electron chi connectivity index (χ3n) is 3.19. The molecule has 1 atom stereocenters. The van der Waals surface area contributed by atoms with E-state index in [9.17, 15) is 4.79 Å². The summed E-state index contributed by atoms with van der Waals surface area (Å²) in [5, 5.41) is 2.68. The van der Waals surface area contributed by atoms with Crippen LogP contribution in [0.2, 0.25) is 0 Å². The van der Waals surface area contributed by atoms with E-state index in [-0.39, 0.29) is 11.8 Å². The summed E-state index contributed by atoms with van der Waals surface area (Å²) < 4.78 is 0. The average molecular weight is 209 g/mol. The quantitative estimate of drug-likeness (QED) is 0.711. The van der Waals surface area contributed by atoms with Crippen LogP contribution in [0.1, 0.15) is 41.5 Å². The molecular formula is C13H23NO. The number of carbonyl (C=O) groups is 1. The van der Waals surface area contributed by atoms with Gasteiger partial charge in [0.05, 0.1) is 5.92 Å². The molecule has 0 aromatic carbocycles. The molecule has 0 radical (unpaired) electrons. The fraction of sp³-hybridized carbons (Fsp3) is 0.615. The van der Waals surface area contributed by atoms with Gasteiger partial charge in [0.15, 0.2) is 0 Å². The number of rotatable bonds is 3. The molecule has 0 aromatic heterocycles. The zero-order chi connectivity index (χ0) is 12.2. The predicted molar refractivity (Wildman–Crippen MR) is 65.7 cm³/mol. The van der Waals surface area contributed by atoms with Crippen molar-refractivity contribution in [1.82, 2.24) is 5.32 Å². The van der Waals surface area contributed by atoms with Gasteiger partial charge in [0.2, 0.25) is 5.91 Å². The molecule has 0 fully saturated rings. The van der Waals surface area contributed by atoms with E-state index in [1.165, 1.54) is 16.7 Å².